The Bertz CT molecular complexity index is 2610. The fourth-order valence-corrected chi connectivity index (χ4v) is 6.74. The van der Waals surface area contributed by atoms with E-state index in [-0.39, 0.29) is 85.3 Å². The third-order valence-corrected chi connectivity index (χ3v) is 10.2. The van der Waals surface area contributed by atoms with E-state index in [2.05, 4.69) is 57.5 Å². The number of rotatable bonds is 25. The van der Waals surface area contributed by atoms with Gasteiger partial charge in [-0.15, -0.1) is 0 Å². The highest BCUT2D eigenvalue weighted by Gasteiger charge is 2.21. The lowest BCUT2D eigenvalue weighted by Crippen LogP contribution is -2.32. The predicted molar refractivity (Wildman–Crippen MR) is 250 cm³/mol. The maximum atomic E-state index is 13.3. The molecule has 0 aliphatic carbocycles. The van der Waals surface area contributed by atoms with Crippen molar-refractivity contribution >= 4 is 70.3 Å². The number of unbranched alkanes of at least 4 members (excludes halogenated alkanes) is 2. The van der Waals surface area contributed by atoms with Gasteiger partial charge >= 0.3 is 0 Å². The lowest BCUT2D eigenvalue weighted by molar-refractivity contribution is -0.121. The molecule has 0 aliphatic heterocycles. The zero-order valence-electron chi connectivity index (χ0n) is 38.7. The minimum absolute atomic E-state index is 0.0212. The molecule has 0 fully saturated rings. The van der Waals surface area contributed by atoms with Crippen LogP contribution in [-0.4, -0.2) is 118 Å². The third kappa shape index (κ3) is 14.5. The van der Waals surface area contributed by atoms with Gasteiger partial charge in [0.25, 0.3) is 29.5 Å². The van der Waals surface area contributed by atoms with E-state index < -0.39 is 41.4 Å². The van der Waals surface area contributed by atoms with E-state index in [9.17, 15) is 38.4 Å². The number of aryl methyl sites for hydroxylation is 5. The highest BCUT2D eigenvalue weighted by atomic mass is 16.2. The maximum absolute atomic E-state index is 13.3. The third-order valence-electron chi connectivity index (χ3n) is 10.2. The van der Waals surface area contributed by atoms with Crippen LogP contribution in [0.5, 0.6) is 0 Å². The van der Waals surface area contributed by atoms with E-state index in [0.717, 1.165) is 25.7 Å². The van der Waals surface area contributed by atoms with Crippen molar-refractivity contribution in [3.63, 3.8) is 0 Å². The van der Waals surface area contributed by atoms with E-state index in [1.54, 1.807) is 55.8 Å². The normalized spacial score (nSPS) is 10.9. The first-order valence-electron chi connectivity index (χ1n) is 22.0. The molecule has 10 N–H and O–H groups in total. The van der Waals surface area contributed by atoms with Crippen molar-refractivity contribution in [1.82, 2.24) is 59.1 Å². The van der Waals surface area contributed by atoms with Crippen LogP contribution in [0, 0.1) is 0 Å². The molecule has 8 amide bonds. The Morgan fingerprint density at radius 2 is 1.06 bits per heavy atom. The van der Waals surface area contributed by atoms with E-state index >= 15 is 0 Å². The Labute approximate surface area is 391 Å². The maximum Gasteiger partial charge on any atom is 0.291 e. The van der Waals surface area contributed by atoms with Crippen LogP contribution in [0.4, 0.5) is 23.0 Å². The van der Waals surface area contributed by atoms with Gasteiger partial charge in [-0.3, -0.25) is 38.4 Å². The largest absolute Gasteiger partial charge is 0.356 e. The van der Waals surface area contributed by atoms with Crippen molar-refractivity contribution in [3.8, 4) is 0 Å². The van der Waals surface area contributed by atoms with Crippen molar-refractivity contribution < 1.29 is 38.4 Å². The van der Waals surface area contributed by atoms with Gasteiger partial charge in [-0.1, -0.05) is 13.3 Å². The molecule has 68 heavy (non-hydrogen) atoms. The van der Waals surface area contributed by atoms with Crippen molar-refractivity contribution in [1.29, 1.82) is 0 Å². The summed E-state index contributed by atoms with van der Waals surface area (Å²) >= 11 is 0. The summed E-state index contributed by atoms with van der Waals surface area (Å²) in [7, 11) is 6.46. The first kappa shape index (κ1) is 50.9. The van der Waals surface area contributed by atoms with Crippen LogP contribution in [0.25, 0.3) is 0 Å². The number of nitrogens with two attached hydrogens (primary N) is 1. The number of imidazole rings is 3. The summed E-state index contributed by atoms with van der Waals surface area (Å²) in [4.78, 5) is 115. The number of amides is 8. The van der Waals surface area contributed by atoms with Crippen LogP contribution in [0.1, 0.15) is 105 Å². The van der Waals surface area contributed by atoms with Crippen LogP contribution in [0.2, 0.25) is 0 Å². The number of aromatic nitrogens is 8. The number of carbonyl (C=O) groups is 8. The number of nitrogens with zero attached hydrogens (tertiary/aromatic N) is 8. The molecule has 0 saturated carbocycles. The predicted octanol–water partition coefficient (Wildman–Crippen LogP) is 0.824. The van der Waals surface area contributed by atoms with Crippen LogP contribution in [0.3, 0.4) is 0 Å². The Balaban J connectivity index is 1.05. The van der Waals surface area contributed by atoms with E-state index in [1.807, 2.05) is 6.92 Å². The molecular weight excluding hydrogens is 883 g/mol. The average Bonchev–Trinajstić information content (AvgIpc) is 4.13. The summed E-state index contributed by atoms with van der Waals surface area (Å²) in [6, 6.07) is 3.01. The molecule has 0 spiro atoms. The van der Waals surface area contributed by atoms with E-state index in [4.69, 9.17) is 5.73 Å². The Morgan fingerprint density at radius 3 is 1.63 bits per heavy atom. The van der Waals surface area contributed by atoms with E-state index in [1.165, 1.54) is 44.6 Å². The Morgan fingerprint density at radius 1 is 0.529 bits per heavy atom. The number of carbonyl (C=O) groups excluding carboxylic acids is 8. The van der Waals surface area contributed by atoms with Crippen molar-refractivity contribution in [3.05, 3.63) is 78.2 Å². The molecule has 5 aromatic heterocycles. The summed E-state index contributed by atoms with van der Waals surface area (Å²) in [5.74, 6) is -3.21. The topological polar surface area (TPSA) is 322 Å². The summed E-state index contributed by atoms with van der Waals surface area (Å²) in [6.07, 6.45) is 12.4. The minimum Gasteiger partial charge on any atom is -0.356 e. The molecule has 0 aliphatic rings. The van der Waals surface area contributed by atoms with Gasteiger partial charge in [0.2, 0.25) is 29.4 Å². The summed E-state index contributed by atoms with van der Waals surface area (Å²) < 4.78 is 7.67. The summed E-state index contributed by atoms with van der Waals surface area (Å²) in [6.45, 7) is 3.61. The van der Waals surface area contributed by atoms with Gasteiger partial charge in [0.15, 0.2) is 17.5 Å². The molecule has 364 valence electrons. The molecule has 0 aromatic carbocycles. The fraction of sp³-hybridized carbons (Fsp3) is 0.419. The number of hydrogen-bond donors (Lipinski definition) is 9. The molecule has 0 atom stereocenters. The molecule has 5 rings (SSSR count). The lowest BCUT2D eigenvalue weighted by atomic mass is 10.2. The zero-order chi connectivity index (χ0) is 49.3. The molecule has 0 radical (unpaired) electrons. The first-order chi connectivity index (χ1) is 32.6. The molecule has 0 unspecified atom stereocenters. The second-order valence-corrected chi connectivity index (χ2v) is 15.7. The number of nitrogens with one attached hydrogen (secondary N) is 8. The van der Waals surface area contributed by atoms with Crippen LogP contribution in [0.15, 0.2) is 49.3 Å². The number of anilines is 4. The van der Waals surface area contributed by atoms with Gasteiger partial charge in [0, 0.05) is 117 Å². The summed E-state index contributed by atoms with van der Waals surface area (Å²) in [5, 5.41) is 21.5. The van der Waals surface area contributed by atoms with E-state index in [0.29, 0.717) is 31.0 Å². The van der Waals surface area contributed by atoms with Gasteiger partial charge in [-0.25, -0.2) is 15.0 Å². The van der Waals surface area contributed by atoms with Gasteiger partial charge in [0.05, 0.1) is 11.4 Å². The quantitative estimate of drug-likeness (QED) is 0.0368. The van der Waals surface area contributed by atoms with Gasteiger partial charge < -0.3 is 71.1 Å². The van der Waals surface area contributed by atoms with Crippen molar-refractivity contribution in [2.75, 3.05) is 54.0 Å². The van der Waals surface area contributed by atoms with Crippen LogP contribution < -0.4 is 48.3 Å². The molecule has 5 heterocycles. The minimum atomic E-state index is -0.624. The second kappa shape index (κ2) is 24.4. The van der Waals surface area contributed by atoms with Crippen LogP contribution in [-0.2, 0) is 49.1 Å². The Hall–Kier alpha value is -8.09. The second-order valence-electron chi connectivity index (χ2n) is 15.7. The van der Waals surface area contributed by atoms with Crippen molar-refractivity contribution in [2.45, 2.75) is 58.4 Å². The number of hydrogen-bond acceptors (Lipinski definition) is 12. The van der Waals surface area contributed by atoms with Gasteiger partial charge in [-0.2, -0.15) is 0 Å². The monoisotopic (exact) mass is 941 g/mol. The molecular formula is C43H59N17O8. The van der Waals surface area contributed by atoms with Gasteiger partial charge in [-0.05, 0) is 37.9 Å². The summed E-state index contributed by atoms with van der Waals surface area (Å²) in [5.41, 5.74) is 6.81. The fourth-order valence-electron chi connectivity index (χ4n) is 6.74. The molecule has 0 saturated heterocycles. The highest BCUT2D eigenvalue weighted by molar-refractivity contribution is 6.04. The molecule has 5 aromatic rings. The smallest absolute Gasteiger partial charge is 0.291 e. The SMILES string of the molecule is CCCNC(=O)CCNC(=O)c1nc(NC(=O)CCNC(=O)c2cc(NC(=O)c3nc(NC(=O)CCNC(=O)c4cc(NC(=O)c5nccn5C)cn4CCCCCN)cn3C)cn2C)cn1C. The lowest BCUT2D eigenvalue weighted by Gasteiger charge is -2.09. The van der Waals surface area contributed by atoms with Crippen LogP contribution >= 0.6 is 0 Å². The first-order valence-corrected chi connectivity index (χ1v) is 22.0. The molecule has 25 heteroatoms. The standard InChI is InChI=1S/C43H59N17O8/c1-6-14-45-33(61)10-15-49-41(66)37-54-31(25-58(37)4)52-34(62)11-16-47-39(64)29-21-27(23-57(29)3)50-43(68)38-55-32(26-59(38)5)53-35(63)12-17-48-40(65)30-22-28(24-60(30)19-9-7-8-13-44)51-42(67)36-46-18-20-56(36)2/h18,20-26H,6-17,19,44H2,1-5H3,(H,45,61)(H,47,64)(H,48,65)(H,49,66)(H,50,68)(H,51,67)(H,52,62)(H,53,63). The molecule has 25 nitrogen and oxygen atoms in total. The zero-order valence-corrected chi connectivity index (χ0v) is 38.7. The average molecular weight is 942 g/mol. The Kier molecular flexibility index (Phi) is 18.3. The highest BCUT2D eigenvalue weighted by Crippen LogP contribution is 2.18. The van der Waals surface area contributed by atoms with Crippen molar-refractivity contribution in [2.24, 2.45) is 33.9 Å². The molecule has 0 bridgehead atoms. The van der Waals surface area contributed by atoms with Gasteiger partial charge in [0.1, 0.15) is 11.4 Å².